The lowest BCUT2D eigenvalue weighted by molar-refractivity contribution is 0.260. The highest BCUT2D eigenvalue weighted by Gasteiger charge is 2.28. The summed E-state index contributed by atoms with van der Waals surface area (Å²) in [6.45, 7) is 7.72. The maximum Gasteiger partial charge on any atom is 0.104 e. The third-order valence-corrected chi connectivity index (χ3v) is 6.09. The fourth-order valence-electron chi connectivity index (χ4n) is 3.12. The van der Waals surface area contributed by atoms with Crippen LogP contribution in [0.5, 0.6) is 0 Å². The molecule has 0 aliphatic carbocycles. The number of nitrogens with zero attached hydrogens (tertiary/aromatic N) is 2. The fourth-order valence-corrected chi connectivity index (χ4v) is 4.30. The minimum absolute atomic E-state index is 0. The Hall–Kier alpha value is -1.27. The van der Waals surface area contributed by atoms with Crippen molar-refractivity contribution in [2.24, 2.45) is 5.73 Å². The van der Waals surface area contributed by atoms with Gasteiger partial charge in [-0.15, -0.1) is 12.4 Å². The van der Waals surface area contributed by atoms with Crippen LogP contribution in [0.25, 0.3) is 0 Å². The maximum absolute atomic E-state index is 5.88. The van der Waals surface area contributed by atoms with Gasteiger partial charge < -0.3 is 15.5 Å². The molecule has 0 radical (unpaired) electrons. The molecule has 140 valence electrons. The van der Waals surface area contributed by atoms with Gasteiger partial charge in [-0.25, -0.2) is 0 Å². The van der Waals surface area contributed by atoms with Crippen LogP contribution in [0, 0.1) is 0 Å². The van der Waals surface area contributed by atoms with Crippen LogP contribution in [0.2, 0.25) is 0 Å². The van der Waals surface area contributed by atoms with E-state index in [9.17, 15) is 0 Å². The van der Waals surface area contributed by atoms with Crippen LogP contribution in [0.1, 0.15) is 26.3 Å². The predicted molar refractivity (Wildman–Crippen MR) is 120 cm³/mol. The molecule has 0 spiro atoms. The van der Waals surface area contributed by atoms with E-state index in [2.05, 4.69) is 74.0 Å². The van der Waals surface area contributed by atoms with Crippen molar-refractivity contribution in [1.29, 1.82) is 0 Å². The first-order chi connectivity index (χ1) is 11.9. The summed E-state index contributed by atoms with van der Waals surface area (Å²) in [4.78, 5) is 7.79. The van der Waals surface area contributed by atoms with E-state index in [1.54, 1.807) is 0 Å². The largest absolute Gasteiger partial charge is 0.389 e. The minimum Gasteiger partial charge on any atom is -0.389 e. The van der Waals surface area contributed by atoms with E-state index in [0.29, 0.717) is 17.1 Å². The van der Waals surface area contributed by atoms with Crippen molar-refractivity contribution >= 4 is 52.8 Å². The molecular weight excluding hydrogens is 382 g/mol. The van der Waals surface area contributed by atoms with Crippen LogP contribution in [0.4, 0.5) is 11.4 Å². The van der Waals surface area contributed by atoms with E-state index in [-0.39, 0.29) is 12.4 Å². The molecule has 1 aliphatic heterocycles. The number of likely N-dealkylation sites (N-methyl/N-ethyl adjacent to an activating group) is 1. The average molecular weight is 408 g/mol. The van der Waals surface area contributed by atoms with Gasteiger partial charge in [-0.3, -0.25) is 0 Å². The summed E-state index contributed by atoms with van der Waals surface area (Å²) in [5.74, 6) is 0. The molecular formula is C20H26ClN3S2. The van der Waals surface area contributed by atoms with Crippen molar-refractivity contribution in [2.75, 3.05) is 18.5 Å². The molecule has 2 aromatic rings. The Balaban J connectivity index is 0.00000243. The lowest BCUT2D eigenvalue weighted by atomic mass is 10.1. The van der Waals surface area contributed by atoms with Gasteiger partial charge in [-0.1, -0.05) is 42.2 Å². The van der Waals surface area contributed by atoms with E-state index >= 15 is 0 Å². The summed E-state index contributed by atoms with van der Waals surface area (Å²) in [5, 5.41) is 0. The first-order valence-corrected chi connectivity index (χ1v) is 9.81. The standard InChI is InChI=1S/C20H25N3S2.ClH/c1-13(2)22(4)12-14(3)23-16-7-5-6-8-18(16)25-19-10-9-15(20(21)24)11-17(19)23;/h5-11,13-14H,12H2,1-4H3,(H2,21,24);1H. The number of hydrogen-bond donors (Lipinski definition) is 1. The minimum atomic E-state index is 0. The highest BCUT2D eigenvalue weighted by atomic mass is 35.5. The van der Waals surface area contributed by atoms with Gasteiger partial charge in [0.2, 0.25) is 0 Å². The lowest BCUT2D eigenvalue weighted by Gasteiger charge is -2.39. The number of hydrogen-bond acceptors (Lipinski definition) is 4. The number of thiocarbonyl (C=S) groups is 1. The summed E-state index contributed by atoms with van der Waals surface area (Å²) >= 11 is 7.01. The molecule has 1 aliphatic rings. The zero-order valence-electron chi connectivity index (χ0n) is 15.6. The number of nitrogens with two attached hydrogens (primary N) is 1. The number of para-hydroxylation sites is 1. The van der Waals surface area contributed by atoms with Crippen LogP contribution in [0.15, 0.2) is 52.3 Å². The molecule has 1 heterocycles. The van der Waals surface area contributed by atoms with Gasteiger partial charge in [0, 0.05) is 34.0 Å². The van der Waals surface area contributed by atoms with Crippen molar-refractivity contribution < 1.29 is 0 Å². The topological polar surface area (TPSA) is 32.5 Å². The molecule has 2 N–H and O–H groups in total. The van der Waals surface area contributed by atoms with E-state index in [1.807, 2.05) is 17.8 Å². The molecule has 0 fully saturated rings. The maximum atomic E-state index is 5.88. The van der Waals surface area contributed by atoms with Crippen molar-refractivity contribution in [2.45, 2.75) is 42.6 Å². The molecule has 26 heavy (non-hydrogen) atoms. The summed E-state index contributed by atoms with van der Waals surface area (Å²) < 4.78 is 0. The van der Waals surface area contributed by atoms with Gasteiger partial charge in [-0.05, 0) is 52.1 Å². The zero-order chi connectivity index (χ0) is 18.1. The van der Waals surface area contributed by atoms with Gasteiger partial charge in [0.15, 0.2) is 0 Å². The van der Waals surface area contributed by atoms with Crippen molar-refractivity contribution in [3.05, 3.63) is 48.0 Å². The van der Waals surface area contributed by atoms with Crippen molar-refractivity contribution in [3.8, 4) is 0 Å². The normalized spacial score (nSPS) is 13.8. The second-order valence-corrected chi connectivity index (χ2v) is 8.39. The van der Waals surface area contributed by atoms with Crippen LogP contribution in [0.3, 0.4) is 0 Å². The van der Waals surface area contributed by atoms with Gasteiger partial charge in [0.05, 0.1) is 11.4 Å². The number of benzene rings is 2. The van der Waals surface area contributed by atoms with E-state index in [0.717, 1.165) is 12.1 Å². The molecule has 0 amide bonds. The SMILES string of the molecule is CC(C)N(C)CC(C)N1c2ccccc2Sc2ccc(C(N)=S)cc21.Cl. The van der Waals surface area contributed by atoms with E-state index in [1.165, 1.54) is 21.2 Å². The second kappa shape index (κ2) is 8.61. The Labute approximate surface area is 172 Å². The number of halogens is 1. The monoisotopic (exact) mass is 407 g/mol. The smallest absolute Gasteiger partial charge is 0.104 e. The molecule has 0 bridgehead atoms. The van der Waals surface area contributed by atoms with Crippen LogP contribution in [-0.4, -0.2) is 35.6 Å². The molecule has 0 saturated carbocycles. The molecule has 1 atom stereocenters. The Morgan fingerprint density at radius 1 is 1.12 bits per heavy atom. The van der Waals surface area contributed by atoms with E-state index < -0.39 is 0 Å². The Kier molecular flexibility index (Phi) is 6.97. The average Bonchev–Trinajstić information content (AvgIpc) is 2.58. The van der Waals surface area contributed by atoms with Crippen molar-refractivity contribution in [3.63, 3.8) is 0 Å². The highest BCUT2D eigenvalue weighted by Crippen LogP contribution is 2.49. The molecule has 2 aromatic carbocycles. The lowest BCUT2D eigenvalue weighted by Crippen LogP contribution is -2.42. The summed E-state index contributed by atoms with van der Waals surface area (Å²) in [6.07, 6.45) is 0. The molecule has 3 nitrogen and oxygen atoms in total. The number of anilines is 2. The second-order valence-electron chi connectivity index (χ2n) is 6.87. The van der Waals surface area contributed by atoms with E-state index in [4.69, 9.17) is 18.0 Å². The Morgan fingerprint density at radius 2 is 1.77 bits per heavy atom. The third-order valence-electron chi connectivity index (χ3n) is 4.72. The quantitative estimate of drug-likeness (QED) is 0.699. The molecule has 6 heteroatoms. The first-order valence-electron chi connectivity index (χ1n) is 8.58. The first kappa shape index (κ1) is 21.0. The van der Waals surface area contributed by atoms with Crippen molar-refractivity contribution in [1.82, 2.24) is 4.90 Å². The molecule has 0 aromatic heterocycles. The number of fused-ring (bicyclic) bond motifs is 2. The van der Waals surface area contributed by atoms with Crippen LogP contribution >= 0.6 is 36.4 Å². The zero-order valence-corrected chi connectivity index (χ0v) is 18.0. The van der Waals surface area contributed by atoms with Gasteiger partial charge >= 0.3 is 0 Å². The fraction of sp³-hybridized carbons (Fsp3) is 0.350. The van der Waals surface area contributed by atoms with Gasteiger partial charge in [-0.2, -0.15) is 0 Å². The summed E-state index contributed by atoms with van der Waals surface area (Å²) in [5.41, 5.74) is 9.25. The number of rotatable bonds is 5. The Bertz CT molecular complexity index is 794. The summed E-state index contributed by atoms with van der Waals surface area (Å²) in [7, 11) is 2.18. The third kappa shape index (κ3) is 4.17. The van der Waals surface area contributed by atoms with Gasteiger partial charge in [0.1, 0.15) is 4.99 Å². The van der Waals surface area contributed by atoms with Gasteiger partial charge in [0.25, 0.3) is 0 Å². The Morgan fingerprint density at radius 3 is 2.42 bits per heavy atom. The van der Waals surface area contributed by atoms with Crippen LogP contribution < -0.4 is 10.6 Å². The molecule has 0 saturated heterocycles. The van der Waals surface area contributed by atoms with Crippen LogP contribution in [-0.2, 0) is 0 Å². The molecule has 3 rings (SSSR count). The highest BCUT2D eigenvalue weighted by molar-refractivity contribution is 7.99. The predicted octanol–water partition coefficient (Wildman–Crippen LogP) is 5.07. The molecule has 1 unspecified atom stereocenters. The summed E-state index contributed by atoms with van der Waals surface area (Å²) in [6, 6.07) is 15.7.